The average Bonchev–Trinajstić information content (AvgIpc) is 2.77. The Labute approximate surface area is 141 Å². The Morgan fingerprint density at radius 2 is 2.00 bits per heavy atom. The fourth-order valence-corrected chi connectivity index (χ4v) is 3.84. The van der Waals surface area contributed by atoms with Crippen molar-refractivity contribution in [2.75, 3.05) is 26.3 Å². The lowest BCUT2D eigenvalue weighted by atomic mass is 9.83. The van der Waals surface area contributed by atoms with Gasteiger partial charge in [-0.2, -0.15) is 8.42 Å². The monoisotopic (exact) mass is 361 g/mol. The van der Waals surface area contributed by atoms with Crippen molar-refractivity contribution < 1.29 is 22.4 Å². The topological polar surface area (TPSA) is 76.1 Å². The SMILES string of the molecule is CC1(C)c2cc(C(Cl)S(=O)(=O)O)ccc2OC1N1CCOCC1. The van der Waals surface area contributed by atoms with Gasteiger partial charge in [-0.1, -0.05) is 31.5 Å². The van der Waals surface area contributed by atoms with Crippen LogP contribution in [0.3, 0.4) is 0 Å². The second kappa shape index (κ2) is 5.89. The number of fused-ring (bicyclic) bond motifs is 1. The summed E-state index contributed by atoms with van der Waals surface area (Å²) >= 11 is 5.86. The molecule has 0 amide bonds. The quantitative estimate of drug-likeness (QED) is 0.656. The van der Waals surface area contributed by atoms with E-state index in [0.717, 1.165) is 24.4 Å². The molecule has 1 saturated heterocycles. The number of hydrogen-bond acceptors (Lipinski definition) is 5. The molecule has 2 unspecified atom stereocenters. The molecule has 1 aromatic carbocycles. The molecule has 0 aromatic heterocycles. The third kappa shape index (κ3) is 3.08. The summed E-state index contributed by atoms with van der Waals surface area (Å²) in [6.45, 7) is 7.03. The molecule has 2 aliphatic rings. The van der Waals surface area contributed by atoms with Crippen molar-refractivity contribution in [2.45, 2.75) is 30.2 Å². The number of rotatable bonds is 3. The van der Waals surface area contributed by atoms with Gasteiger partial charge in [0, 0.05) is 24.1 Å². The average molecular weight is 362 g/mol. The Morgan fingerprint density at radius 3 is 2.61 bits per heavy atom. The first kappa shape index (κ1) is 17.0. The van der Waals surface area contributed by atoms with Crippen LogP contribution in [0.1, 0.15) is 29.7 Å². The lowest BCUT2D eigenvalue weighted by Crippen LogP contribution is -2.52. The first-order chi connectivity index (χ1) is 10.7. The van der Waals surface area contributed by atoms with E-state index in [1.54, 1.807) is 18.2 Å². The number of nitrogens with zero attached hydrogens (tertiary/aromatic N) is 1. The van der Waals surface area contributed by atoms with Gasteiger partial charge in [-0.3, -0.25) is 9.45 Å². The second-order valence-corrected chi connectivity index (χ2v) is 8.62. The molecule has 2 atom stereocenters. The van der Waals surface area contributed by atoms with E-state index >= 15 is 0 Å². The summed E-state index contributed by atoms with van der Waals surface area (Å²) in [5.74, 6) is 0.717. The van der Waals surface area contributed by atoms with Crippen LogP contribution in [0.4, 0.5) is 0 Å². The smallest absolute Gasteiger partial charge is 0.286 e. The number of morpholine rings is 1. The van der Waals surface area contributed by atoms with Gasteiger partial charge in [0.1, 0.15) is 5.75 Å². The maximum absolute atomic E-state index is 11.3. The van der Waals surface area contributed by atoms with Crippen LogP contribution in [-0.2, 0) is 20.3 Å². The normalized spacial score (nSPS) is 25.7. The Balaban J connectivity index is 1.93. The van der Waals surface area contributed by atoms with Gasteiger partial charge in [0.05, 0.1) is 13.2 Å². The van der Waals surface area contributed by atoms with Crippen LogP contribution in [0.15, 0.2) is 18.2 Å². The molecule has 0 spiro atoms. The standard InChI is InChI=1S/C15H20ClNO5S/c1-15(2)11-9-10(13(16)23(18,19)20)3-4-12(11)22-14(15)17-5-7-21-8-6-17/h3-4,9,13-14H,5-8H2,1-2H3,(H,18,19,20). The molecule has 0 radical (unpaired) electrons. The van der Waals surface area contributed by atoms with E-state index < -0.39 is 14.8 Å². The van der Waals surface area contributed by atoms with Crippen molar-refractivity contribution in [2.24, 2.45) is 0 Å². The summed E-state index contributed by atoms with van der Waals surface area (Å²) in [7, 11) is -4.35. The molecule has 23 heavy (non-hydrogen) atoms. The number of ether oxygens (including phenoxy) is 2. The Hall–Kier alpha value is -0.860. The van der Waals surface area contributed by atoms with E-state index in [0.29, 0.717) is 18.8 Å². The predicted octanol–water partition coefficient (Wildman–Crippen LogP) is 2.14. The molecule has 6 nitrogen and oxygen atoms in total. The minimum absolute atomic E-state index is 0.142. The zero-order valence-electron chi connectivity index (χ0n) is 13.0. The van der Waals surface area contributed by atoms with Crippen LogP contribution in [0.2, 0.25) is 0 Å². The lowest BCUT2D eigenvalue weighted by molar-refractivity contribution is -0.0612. The highest BCUT2D eigenvalue weighted by atomic mass is 35.5. The van der Waals surface area contributed by atoms with Crippen molar-refractivity contribution in [1.29, 1.82) is 0 Å². The molecule has 8 heteroatoms. The van der Waals surface area contributed by atoms with Crippen molar-refractivity contribution in [3.63, 3.8) is 0 Å². The number of hydrogen-bond donors (Lipinski definition) is 1. The van der Waals surface area contributed by atoms with Gasteiger partial charge in [-0.25, -0.2) is 0 Å². The summed E-state index contributed by atoms with van der Waals surface area (Å²) < 4.78 is 41.7. The first-order valence-electron chi connectivity index (χ1n) is 7.44. The molecular formula is C15H20ClNO5S. The minimum Gasteiger partial charge on any atom is -0.474 e. The van der Waals surface area contributed by atoms with Gasteiger partial charge in [0.2, 0.25) is 0 Å². The summed E-state index contributed by atoms with van der Waals surface area (Å²) in [6.07, 6.45) is -0.142. The summed E-state index contributed by atoms with van der Waals surface area (Å²) in [4.78, 5) is 2.23. The number of halogens is 1. The van der Waals surface area contributed by atoms with Gasteiger partial charge in [-0.15, -0.1) is 0 Å². The molecular weight excluding hydrogens is 342 g/mol. The first-order valence-corrected chi connectivity index (χ1v) is 9.38. The zero-order valence-corrected chi connectivity index (χ0v) is 14.6. The van der Waals surface area contributed by atoms with Gasteiger partial charge in [0.15, 0.2) is 10.9 Å². The molecule has 1 fully saturated rings. The Morgan fingerprint density at radius 1 is 1.35 bits per heavy atom. The Kier molecular flexibility index (Phi) is 4.35. The highest BCUT2D eigenvalue weighted by Gasteiger charge is 2.45. The predicted molar refractivity (Wildman–Crippen MR) is 86.4 cm³/mol. The van der Waals surface area contributed by atoms with E-state index in [4.69, 9.17) is 25.6 Å². The molecule has 128 valence electrons. The van der Waals surface area contributed by atoms with E-state index in [1.807, 2.05) is 0 Å². The van der Waals surface area contributed by atoms with Gasteiger partial charge in [-0.05, 0) is 17.7 Å². The van der Waals surface area contributed by atoms with Gasteiger partial charge < -0.3 is 9.47 Å². The summed E-state index contributed by atoms with van der Waals surface area (Å²) in [6, 6.07) is 5.00. The fraction of sp³-hybridized carbons (Fsp3) is 0.600. The fourth-order valence-electron chi connectivity index (χ4n) is 3.21. The highest BCUT2D eigenvalue weighted by Crippen LogP contribution is 2.45. The molecule has 1 aromatic rings. The van der Waals surface area contributed by atoms with Gasteiger partial charge in [0.25, 0.3) is 10.1 Å². The van der Waals surface area contributed by atoms with Crippen molar-refractivity contribution >= 4 is 21.7 Å². The molecule has 2 aliphatic heterocycles. The molecule has 1 N–H and O–H groups in total. The largest absolute Gasteiger partial charge is 0.474 e. The minimum atomic E-state index is -4.35. The molecule has 0 aliphatic carbocycles. The summed E-state index contributed by atoms with van der Waals surface area (Å²) in [5, 5.41) is 0. The van der Waals surface area contributed by atoms with E-state index in [9.17, 15) is 8.42 Å². The maximum Gasteiger partial charge on any atom is 0.286 e. The van der Waals surface area contributed by atoms with E-state index in [2.05, 4.69) is 18.7 Å². The van der Waals surface area contributed by atoms with Crippen molar-refractivity contribution in [1.82, 2.24) is 4.90 Å². The van der Waals surface area contributed by atoms with E-state index in [-0.39, 0.29) is 11.6 Å². The summed E-state index contributed by atoms with van der Waals surface area (Å²) in [5.41, 5.74) is 0.895. The van der Waals surface area contributed by atoms with E-state index in [1.165, 1.54) is 0 Å². The second-order valence-electron chi connectivity index (χ2n) is 6.43. The third-order valence-electron chi connectivity index (χ3n) is 4.45. The maximum atomic E-state index is 11.3. The molecule has 3 rings (SSSR count). The zero-order chi connectivity index (χ0) is 16.8. The van der Waals surface area contributed by atoms with Gasteiger partial charge >= 0.3 is 0 Å². The van der Waals surface area contributed by atoms with Crippen LogP contribution < -0.4 is 4.74 Å². The third-order valence-corrected chi connectivity index (χ3v) is 6.18. The van der Waals surface area contributed by atoms with Crippen molar-refractivity contribution in [3.05, 3.63) is 29.3 Å². The van der Waals surface area contributed by atoms with Crippen LogP contribution in [0.25, 0.3) is 0 Å². The molecule has 2 heterocycles. The lowest BCUT2D eigenvalue weighted by Gasteiger charge is -2.38. The number of benzene rings is 1. The van der Waals surface area contributed by atoms with Crippen molar-refractivity contribution in [3.8, 4) is 5.75 Å². The molecule has 0 bridgehead atoms. The number of alkyl halides is 1. The molecule has 0 saturated carbocycles. The van der Waals surface area contributed by atoms with Crippen LogP contribution in [-0.4, -0.2) is 50.4 Å². The van der Waals surface area contributed by atoms with Crippen LogP contribution in [0, 0.1) is 0 Å². The Bertz CT molecular complexity index is 700. The van der Waals surface area contributed by atoms with Crippen LogP contribution >= 0.6 is 11.6 Å². The van der Waals surface area contributed by atoms with Crippen LogP contribution in [0.5, 0.6) is 5.75 Å². The highest BCUT2D eigenvalue weighted by molar-refractivity contribution is 7.87.